The lowest BCUT2D eigenvalue weighted by atomic mass is 10.0. The van der Waals surface area contributed by atoms with Crippen LogP contribution in [0.2, 0.25) is 0 Å². The largest absolute Gasteiger partial charge is 0.379 e. The Balaban J connectivity index is 1.99. The van der Waals surface area contributed by atoms with E-state index in [0.717, 1.165) is 32.7 Å². The Morgan fingerprint density at radius 1 is 1.29 bits per heavy atom. The fourth-order valence-electron chi connectivity index (χ4n) is 2.09. The normalized spacial score (nSPS) is 18.6. The molecule has 0 spiro atoms. The molecule has 1 saturated heterocycles. The lowest BCUT2D eigenvalue weighted by Crippen LogP contribution is -2.43. The van der Waals surface area contributed by atoms with E-state index in [-0.39, 0.29) is 6.04 Å². The number of aryl methyl sites for hydroxylation is 1. The van der Waals surface area contributed by atoms with Crippen molar-refractivity contribution in [2.75, 3.05) is 26.3 Å². The molecule has 1 unspecified atom stereocenters. The number of hydrogen-bond acceptors (Lipinski definition) is 3. The SMILES string of the molecule is Cc1ccc(CC(C#N)N2CCOCC2)cc1. The second-order valence-corrected chi connectivity index (χ2v) is 4.48. The molecule has 2 rings (SSSR count). The van der Waals surface area contributed by atoms with Crippen molar-refractivity contribution in [3.63, 3.8) is 0 Å². The Hall–Kier alpha value is -1.37. The van der Waals surface area contributed by atoms with Gasteiger partial charge in [-0.2, -0.15) is 5.26 Å². The summed E-state index contributed by atoms with van der Waals surface area (Å²) >= 11 is 0. The molecule has 17 heavy (non-hydrogen) atoms. The third kappa shape index (κ3) is 3.29. The third-order valence-electron chi connectivity index (χ3n) is 3.19. The van der Waals surface area contributed by atoms with Crippen LogP contribution in [-0.2, 0) is 11.2 Å². The molecule has 3 heteroatoms. The standard InChI is InChI=1S/C14H18N2O/c1-12-2-4-13(5-3-12)10-14(11-15)16-6-8-17-9-7-16/h2-5,14H,6-10H2,1H3. The Labute approximate surface area is 103 Å². The van der Waals surface area contributed by atoms with Crippen LogP contribution in [0.5, 0.6) is 0 Å². The molecule has 0 N–H and O–H groups in total. The molecule has 1 aromatic carbocycles. The summed E-state index contributed by atoms with van der Waals surface area (Å²) in [5.41, 5.74) is 2.49. The minimum atomic E-state index is -0.0263. The number of nitriles is 1. The molecule has 0 amide bonds. The fraction of sp³-hybridized carbons (Fsp3) is 0.500. The van der Waals surface area contributed by atoms with Crippen molar-refractivity contribution < 1.29 is 4.74 Å². The van der Waals surface area contributed by atoms with Gasteiger partial charge in [0.05, 0.1) is 19.3 Å². The number of morpholine rings is 1. The van der Waals surface area contributed by atoms with E-state index in [0.29, 0.717) is 0 Å². The van der Waals surface area contributed by atoms with Crippen LogP contribution in [0.15, 0.2) is 24.3 Å². The van der Waals surface area contributed by atoms with E-state index in [1.807, 2.05) is 0 Å². The molecule has 0 aromatic heterocycles. The molecule has 3 nitrogen and oxygen atoms in total. The van der Waals surface area contributed by atoms with E-state index in [1.54, 1.807) is 0 Å². The van der Waals surface area contributed by atoms with Crippen LogP contribution in [0.4, 0.5) is 0 Å². The monoisotopic (exact) mass is 230 g/mol. The lowest BCUT2D eigenvalue weighted by Gasteiger charge is -2.30. The van der Waals surface area contributed by atoms with Gasteiger partial charge in [-0.05, 0) is 12.5 Å². The van der Waals surface area contributed by atoms with E-state index in [1.165, 1.54) is 11.1 Å². The Morgan fingerprint density at radius 3 is 2.53 bits per heavy atom. The minimum absolute atomic E-state index is 0.0263. The highest BCUT2D eigenvalue weighted by Crippen LogP contribution is 2.11. The van der Waals surface area contributed by atoms with Gasteiger partial charge < -0.3 is 4.74 Å². The molecule has 0 bridgehead atoms. The highest BCUT2D eigenvalue weighted by Gasteiger charge is 2.20. The van der Waals surface area contributed by atoms with Gasteiger partial charge in [-0.1, -0.05) is 29.8 Å². The van der Waals surface area contributed by atoms with Crippen LogP contribution in [0.1, 0.15) is 11.1 Å². The maximum atomic E-state index is 9.26. The zero-order chi connectivity index (χ0) is 12.1. The molecular weight excluding hydrogens is 212 g/mol. The van der Waals surface area contributed by atoms with Crippen LogP contribution < -0.4 is 0 Å². The summed E-state index contributed by atoms with van der Waals surface area (Å²) in [5.74, 6) is 0. The highest BCUT2D eigenvalue weighted by atomic mass is 16.5. The van der Waals surface area contributed by atoms with Crippen LogP contribution in [0, 0.1) is 18.3 Å². The van der Waals surface area contributed by atoms with Gasteiger partial charge in [0.1, 0.15) is 6.04 Å². The predicted molar refractivity (Wildman–Crippen MR) is 66.7 cm³/mol. The van der Waals surface area contributed by atoms with Crippen LogP contribution in [0.25, 0.3) is 0 Å². The van der Waals surface area contributed by atoms with Crippen molar-refractivity contribution in [3.05, 3.63) is 35.4 Å². The molecule has 1 aliphatic heterocycles. The van der Waals surface area contributed by atoms with E-state index in [9.17, 15) is 5.26 Å². The van der Waals surface area contributed by atoms with E-state index in [4.69, 9.17) is 4.74 Å². The summed E-state index contributed by atoms with van der Waals surface area (Å²) in [6.07, 6.45) is 0.802. The molecule has 1 aromatic rings. The van der Waals surface area contributed by atoms with Crippen molar-refractivity contribution in [3.8, 4) is 6.07 Å². The fourth-order valence-corrected chi connectivity index (χ4v) is 2.09. The second kappa shape index (κ2) is 5.81. The molecule has 0 saturated carbocycles. The van der Waals surface area contributed by atoms with Gasteiger partial charge in [0.15, 0.2) is 0 Å². The maximum Gasteiger partial charge on any atom is 0.102 e. The second-order valence-electron chi connectivity index (χ2n) is 4.48. The predicted octanol–water partition coefficient (Wildman–Crippen LogP) is 1.76. The van der Waals surface area contributed by atoms with Crippen molar-refractivity contribution in [1.82, 2.24) is 4.90 Å². The highest BCUT2D eigenvalue weighted by molar-refractivity contribution is 5.23. The molecule has 0 aliphatic carbocycles. The number of rotatable bonds is 3. The van der Waals surface area contributed by atoms with Gasteiger partial charge in [-0.3, -0.25) is 4.90 Å². The average molecular weight is 230 g/mol. The minimum Gasteiger partial charge on any atom is -0.379 e. The third-order valence-corrected chi connectivity index (χ3v) is 3.19. The number of ether oxygens (including phenoxy) is 1. The molecule has 0 radical (unpaired) electrons. The average Bonchev–Trinajstić information content (AvgIpc) is 2.39. The molecule has 90 valence electrons. The summed E-state index contributed by atoms with van der Waals surface area (Å²) < 4.78 is 5.31. The van der Waals surface area contributed by atoms with Crippen LogP contribution in [-0.4, -0.2) is 37.2 Å². The number of hydrogen-bond donors (Lipinski definition) is 0. The summed E-state index contributed by atoms with van der Waals surface area (Å²) in [6.45, 7) is 5.29. The van der Waals surface area contributed by atoms with Crippen LogP contribution >= 0.6 is 0 Å². The van der Waals surface area contributed by atoms with Gasteiger partial charge in [0, 0.05) is 19.5 Å². The van der Waals surface area contributed by atoms with E-state index >= 15 is 0 Å². The first-order valence-electron chi connectivity index (χ1n) is 6.06. The summed E-state index contributed by atoms with van der Waals surface area (Å²) in [5, 5.41) is 9.26. The molecule has 1 heterocycles. The molecule has 1 atom stereocenters. The first-order valence-corrected chi connectivity index (χ1v) is 6.06. The summed E-state index contributed by atoms with van der Waals surface area (Å²) in [7, 11) is 0. The Bertz CT molecular complexity index is 388. The zero-order valence-electron chi connectivity index (χ0n) is 10.2. The van der Waals surface area contributed by atoms with Crippen molar-refractivity contribution in [2.45, 2.75) is 19.4 Å². The Kier molecular flexibility index (Phi) is 4.13. The maximum absolute atomic E-state index is 9.26. The quantitative estimate of drug-likeness (QED) is 0.794. The smallest absolute Gasteiger partial charge is 0.102 e. The molecule has 1 fully saturated rings. The van der Waals surface area contributed by atoms with Crippen molar-refractivity contribution >= 4 is 0 Å². The van der Waals surface area contributed by atoms with Gasteiger partial charge in [0.25, 0.3) is 0 Å². The van der Waals surface area contributed by atoms with Crippen molar-refractivity contribution in [2.24, 2.45) is 0 Å². The van der Waals surface area contributed by atoms with E-state index < -0.39 is 0 Å². The van der Waals surface area contributed by atoms with Crippen LogP contribution in [0.3, 0.4) is 0 Å². The first-order chi connectivity index (χ1) is 8.29. The first kappa shape index (κ1) is 12.1. The summed E-state index contributed by atoms with van der Waals surface area (Å²) in [4.78, 5) is 2.21. The van der Waals surface area contributed by atoms with Gasteiger partial charge in [0.2, 0.25) is 0 Å². The van der Waals surface area contributed by atoms with Gasteiger partial charge >= 0.3 is 0 Å². The number of benzene rings is 1. The molecular formula is C14H18N2O. The lowest BCUT2D eigenvalue weighted by molar-refractivity contribution is 0.0270. The topological polar surface area (TPSA) is 36.3 Å². The van der Waals surface area contributed by atoms with E-state index in [2.05, 4.69) is 42.2 Å². The van der Waals surface area contributed by atoms with Gasteiger partial charge in [-0.25, -0.2) is 0 Å². The van der Waals surface area contributed by atoms with Crippen molar-refractivity contribution in [1.29, 1.82) is 5.26 Å². The summed E-state index contributed by atoms with van der Waals surface area (Å²) in [6, 6.07) is 10.8. The van der Waals surface area contributed by atoms with Gasteiger partial charge in [-0.15, -0.1) is 0 Å². The Morgan fingerprint density at radius 2 is 1.94 bits per heavy atom. The zero-order valence-corrected chi connectivity index (χ0v) is 10.2. The number of nitrogens with zero attached hydrogens (tertiary/aromatic N) is 2. The molecule has 1 aliphatic rings.